The van der Waals surface area contributed by atoms with E-state index < -0.39 is 0 Å². The number of aromatic nitrogens is 5. The monoisotopic (exact) mass is 257 g/mol. The lowest BCUT2D eigenvalue weighted by molar-refractivity contribution is 0.757. The van der Waals surface area contributed by atoms with Crippen LogP contribution in [0.2, 0.25) is 5.15 Å². The molecule has 0 aromatic carbocycles. The fourth-order valence-corrected chi connectivity index (χ4v) is 2.61. The predicted molar refractivity (Wildman–Crippen MR) is 63.6 cm³/mol. The number of hydrogen-bond donors (Lipinski definition) is 1. The number of nitrogens with zero attached hydrogens (tertiary/aromatic N) is 4. The van der Waals surface area contributed by atoms with Crippen molar-refractivity contribution in [2.45, 2.75) is 24.8 Å². The van der Waals surface area contributed by atoms with E-state index in [9.17, 15) is 0 Å². The molecular weight excluding hydrogens is 246 g/mol. The lowest BCUT2D eigenvalue weighted by Gasteiger charge is -1.97. The summed E-state index contributed by atoms with van der Waals surface area (Å²) in [4.78, 5) is 4.22. The fraction of sp³-hybridized carbons (Fsp3) is 0.444. The zero-order valence-electron chi connectivity index (χ0n) is 9.28. The van der Waals surface area contributed by atoms with Crippen LogP contribution in [0.5, 0.6) is 0 Å². The van der Waals surface area contributed by atoms with Gasteiger partial charge < -0.3 is 0 Å². The first-order valence-corrected chi connectivity index (χ1v) is 6.14. The van der Waals surface area contributed by atoms with Gasteiger partial charge in [-0.3, -0.25) is 9.78 Å². The summed E-state index contributed by atoms with van der Waals surface area (Å²) in [6, 6.07) is 0. The maximum absolute atomic E-state index is 6.12. The third-order valence-corrected chi connectivity index (χ3v) is 3.54. The Bertz CT molecular complexity index is 504. The van der Waals surface area contributed by atoms with Gasteiger partial charge in [0.05, 0.1) is 5.69 Å². The lowest BCUT2D eigenvalue weighted by Crippen LogP contribution is -1.89. The summed E-state index contributed by atoms with van der Waals surface area (Å²) in [7, 11) is 1.83. The molecule has 0 fully saturated rings. The third kappa shape index (κ3) is 2.22. The Kier molecular flexibility index (Phi) is 3.20. The Balaban J connectivity index is 2.10. The van der Waals surface area contributed by atoms with E-state index in [0.29, 0.717) is 5.15 Å². The molecule has 0 aliphatic heterocycles. The number of H-pyrrole nitrogens is 1. The molecule has 1 N–H and O–H groups in total. The van der Waals surface area contributed by atoms with Gasteiger partial charge in [0.2, 0.25) is 5.16 Å². The Morgan fingerprint density at radius 1 is 1.44 bits per heavy atom. The van der Waals surface area contributed by atoms with Crippen LogP contribution in [0.25, 0.3) is 0 Å². The van der Waals surface area contributed by atoms with Gasteiger partial charge in [0.25, 0.3) is 0 Å². The topological polar surface area (TPSA) is 59.4 Å². The highest BCUT2D eigenvalue weighted by atomic mass is 35.5. The van der Waals surface area contributed by atoms with Crippen molar-refractivity contribution in [2.75, 3.05) is 0 Å². The molecule has 2 rings (SSSR count). The summed E-state index contributed by atoms with van der Waals surface area (Å²) in [5, 5.41) is 12.5. The van der Waals surface area contributed by atoms with Crippen molar-refractivity contribution in [1.29, 1.82) is 0 Å². The molecule has 16 heavy (non-hydrogen) atoms. The van der Waals surface area contributed by atoms with Crippen LogP contribution in [0.3, 0.4) is 0 Å². The number of hydrogen-bond acceptors (Lipinski definition) is 4. The van der Waals surface area contributed by atoms with Crippen molar-refractivity contribution in [3.8, 4) is 0 Å². The van der Waals surface area contributed by atoms with Gasteiger partial charge in [-0.25, -0.2) is 4.98 Å². The molecule has 2 heterocycles. The standard InChI is InChI=1S/C9H12ClN5S/c1-5-7(8(10)15(3)14-5)4-16-9-11-6(2)12-13-9/h4H2,1-3H3,(H,11,12,13). The molecule has 0 saturated heterocycles. The molecule has 2 aromatic heterocycles. The highest BCUT2D eigenvalue weighted by Gasteiger charge is 2.12. The molecule has 0 unspecified atom stereocenters. The zero-order chi connectivity index (χ0) is 11.7. The molecule has 2 aromatic rings. The van der Waals surface area contributed by atoms with Gasteiger partial charge in [0.15, 0.2) is 0 Å². The second kappa shape index (κ2) is 4.47. The van der Waals surface area contributed by atoms with Gasteiger partial charge in [-0.1, -0.05) is 23.4 Å². The number of nitrogens with one attached hydrogen (secondary N) is 1. The van der Waals surface area contributed by atoms with Crippen LogP contribution >= 0.6 is 23.4 Å². The van der Waals surface area contributed by atoms with Crippen molar-refractivity contribution in [2.24, 2.45) is 7.05 Å². The van der Waals surface area contributed by atoms with Gasteiger partial charge in [0, 0.05) is 18.4 Å². The Hall–Kier alpha value is -1.01. The number of thioether (sulfide) groups is 1. The molecule has 0 aliphatic rings. The minimum Gasteiger partial charge on any atom is -0.262 e. The molecule has 0 bridgehead atoms. The van der Waals surface area contributed by atoms with E-state index in [1.807, 2.05) is 20.9 Å². The summed E-state index contributed by atoms with van der Waals surface area (Å²) < 4.78 is 1.68. The van der Waals surface area contributed by atoms with Crippen LogP contribution in [-0.2, 0) is 12.8 Å². The molecule has 0 spiro atoms. The molecule has 7 heteroatoms. The van der Waals surface area contributed by atoms with E-state index >= 15 is 0 Å². The number of aromatic amines is 1. The van der Waals surface area contributed by atoms with E-state index in [1.54, 1.807) is 16.4 Å². The molecule has 0 radical (unpaired) electrons. The maximum Gasteiger partial charge on any atom is 0.208 e. The van der Waals surface area contributed by atoms with Gasteiger partial charge in [-0.15, -0.1) is 5.10 Å². The minimum absolute atomic E-state index is 0.678. The predicted octanol–water partition coefficient (Wildman–Crippen LogP) is 2.10. The van der Waals surface area contributed by atoms with Crippen molar-refractivity contribution < 1.29 is 0 Å². The molecule has 0 saturated carbocycles. The summed E-state index contributed by atoms with van der Waals surface area (Å²) in [5.74, 6) is 1.55. The van der Waals surface area contributed by atoms with Gasteiger partial charge in [0.1, 0.15) is 11.0 Å². The van der Waals surface area contributed by atoms with Crippen LogP contribution in [0.15, 0.2) is 5.16 Å². The molecule has 0 aliphatic carbocycles. The molecule has 5 nitrogen and oxygen atoms in total. The normalized spacial score (nSPS) is 11.0. The van der Waals surface area contributed by atoms with Gasteiger partial charge in [-0.2, -0.15) is 5.10 Å². The SMILES string of the molecule is Cc1nc(SCc2c(C)nn(C)c2Cl)n[nH]1. The van der Waals surface area contributed by atoms with Crippen molar-refractivity contribution in [1.82, 2.24) is 25.0 Å². The molecule has 0 atom stereocenters. The third-order valence-electron chi connectivity index (χ3n) is 2.19. The summed E-state index contributed by atoms with van der Waals surface area (Å²) in [5.41, 5.74) is 1.99. The van der Waals surface area contributed by atoms with Crippen LogP contribution < -0.4 is 0 Å². The zero-order valence-corrected chi connectivity index (χ0v) is 10.9. The highest BCUT2D eigenvalue weighted by molar-refractivity contribution is 7.98. The van der Waals surface area contributed by atoms with Crippen LogP contribution in [0.4, 0.5) is 0 Å². The highest BCUT2D eigenvalue weighted by Crippen LogP contribution is 2.26. The van der Waals surface area contributed by atoms with E-state index in [4.69, 9.17) is 11.6 Å². The first-order chi connectivity index (χ1) is 7.58. The second-order valence-electron chi connectivity index (χ2n) is 3.47. The van der Waals surface area contributed by atoms with E-state index in [2.05, 4.69) is 20.3 Å². The summed E-state index contributed by atoms with van der Waals surface area (Å²) >= 11 is 7.67. The Morgan fingerprint density at radius 3 is 2.69 bits per heavy atom. The van der Waals surface area contributed by atoms with Crippen LogP contribution in [0.1, 0.15) is 17.1 Å². The van der Waals surface area contributed by atoms with Gasteiger partial charge >= 0.3 is 0 Å². The first kappa shape index (κ1) is 11.5. The van der Waals surface area contributed by atoms with E-state index in [0.717, 1.165) is 28.0 Å². The second-order valence-corrected chi connectivity index (χ2v) is 4.77. The average Bonchev–Trinajstić information content (AvgIpc) is 2.72. The molecule has 0 amide bonds. The number of halogens is 1. The average molecular weight is 258 g/mol. The fourth-order valence-electron chi connectivity index (χ4n) is 1.36. The van der Waals surface area contributed by atoms with E-state index in [-0.39, 0.29) is 0 Å². The van der Waals surface area contributed by atoms with E-state index in [1.165, 1.54) is 0 Å². The Labute approximate surface area is 103 Å². The number of aryl methyl sites for hydroxylation is 3. The smallest absolute Gasteiger partial charge is 0.208 e. The number of rotatable bonds is 3. The van der Waals surface area contributed by atoms with Gasteiger partial charge in [-0.05, 0) is 13.8 Å². The lowest BCUT2D eigenvalue weighted by atomic mass is 10.3. The van der Waals surface area contributed by atoms with Crippen molar-refractivity contribution in [3.63, 3.8) is 0 Å². The maximum atomic E-state index is 6.12. The van der Waals surface area contributed by atoms with Crippen LogP contribution in [0, 0.1) is 13.8 Å². The summed E-state index contributed by atoms with van der Waals surface area (Å²) in [6.45, 7) is 3.82. The molecule has 86 valence electrons. The Morgan fingerprint density at radius 2 is 2.19 bits per heavy atom. The first-order valence-electron chi connectivity index (χ1n) is 4.77. The van der Waals surface area contributed by atoms with Crippen molar-refractivity contribution >= 4 is 23.4 Å². The minimum atomic E-state index is 0.678. The summed E-state index contributed by atoms with van der Waals surface area (Å²) in [6.07, 6.45) is 0. The van der Waals surface area contributed by atoms with Crippen LogP contribution in [-0.4, -0.2) is 25.0 Å². The largest absolute Gasteiger partial charge is 0.262 e. The molecular formula is C9H12ClN5S. The quantitative estimate of drug-likeness (QED) is 0.856. The van der Waals surface area contributed by atoms with Crippen molar-refractivity contribution in [3.05, 3.63) is 22.2 Å².